The monoisotopic (exact) mass is 356 g/mol. The van der Waals surface area contributed by atoms with Crippen molar-refractivity contribution >= 4 is 13.2 Å². The van der Waals surface area contributed by atoms with Gasteiger partial charge in [-0.1, -0.05) is 105 Å². The Balaban J connectivity index is 1.99. The fraction of sp³-hybridized carbons (Fsp3) is 0.200. The summed E-state index contributed by atoms with van der Waals surface area (Å²) < 4.78 is 0. The van der Waals surface area contributed by atoms with E-state index in [4.69, 9.17) is 0 Å². The van der Waals surface area contributed by atoms with Crippen LogP contribution in [0.2, 0.25) is 0 Å². The summed E-state index contributed by atoms with van der Waals surface area (Å²) in [4.78, 5) is 0. The molecule has 1 aliphatic heterocycles. The van der Waals surface area contributed by atoms with Crippen molar-refractivity contribution in [3.05, 3.63) is 115 Å². The Morgan fingerprint density at radius 2 is 1.31 bits per heavy atom. The van der Waals surface area contributed by atoms with Crippen LogP contribution >= 0.6 is 7.92 Å². The molecule has 130 valence electrons. The molecule has 26 heavy (non-hydrogen) atoms. The molecular weight excluding hydrogens is 331 g/mol. The molecule has 3 aromatic rings. The number of allylic oxidation sites excluding steroid dienone is 1. The minimum absolute atomic E-state index is 0.0629. The van der Waals surface area contributed by atoms with Crippen molar-refractivity contribution in [1.29, 1.82) is 0 Å². The zero-order valence-corrected chi connectivity index (χ0v) is 16.0. The third-order valence-corrected chi connectivity index (χ3v) is 9.02. The summed E-state index contributed by atoms with van der Waals surface area (Å²) in [7, 11) is -0.339. The quantitative estimate of drug-likeness (QED) is 0.370. The highest BCUT2D eigenvalue weighted by Crippen LogP contribution is 2.69. The van der Waals surface area contributed by atoms with Crippen LogP contribution in [0.5, 0.6) is 0 Å². The van der Waals surface area contributed by atoms with Gasteiger partial charge < -0.3 is 0 Å². The molecule has 0 aromatic heterocycles. The van der Waals surface area contributed by atoms with Gasteiger partial charge in [-0.2, -0.15) is 0 Å². The molecular formula is C25H25P. The molecule has 1 saturated heterocycles. The van der Waals surface area contributed by atoms with E-state index in [1.165, 1.54) is 29.0 Å². The molecule has 0 bridgehead atoms. The largest absolute Gasteiger partial charge is 0.103 e. The predicted octanol–water partition coefficient (Wildman–Crippen LogP) is 6.33. The standard InChI is InChI=1S/C25H25P/c1-2-12-21-19-20-26(24-17-10-5-11-18-24)25(21,22-13-6-3-7-14-22)23-15-8-4-9-16-23/h2-11,13-18,21H,1,12,19-20H2. The van der Waals surface area contributed by atoms with Crippen molar-refractivity contribution in [3.8, 4) is 0 Å². The van der Waals surface area contributed by atoms with E-state index in [0.717, 1.165) is 6.42 Å². The normalized spacial score (nSPS) is 21.4. The van der Waals surface area contributed by atoms with Crippen LogP contribution in [0.25, 0.3) is 0 Å². The minimum Gasteiger partial charge on any atom is -0.103 e. The lowest BCUT2D eigenvalue weighted by Crippen LogP contribution is -2.33. The summed E-state index contributed by atoms with van der Waals surface area (Å²) in [6, 6.07) is 33.6. The molecule has 0 radical (unpaired) electrons. The number of hydrogen-bond acceptors (Lipinski definition) is 0. The third kappa shape index (κ3) is 2.83. The Bertz CT molecular complexity index is 800. The first-order valence-electron chi connectivity index (χ1n) is 9.42. The van der Waals surface area contributed by atoms with Gasteiger partial charge in [0, 0.05) is 5.16 Å². The van der Waals surface area contributed by atoms with E-state index in [9.17, 15) is 0 Å². The molecule has 1 heterocycles. The third-order valence-electron chi connectivity index (χ3n) is 5.66. The van der Waals surface area contributed by atoms with E-state index in [2.05, 4.69) is 104 Å². The summed E-state index contributed by atoms with van der Waals surface area (Å²) in [5.41, 5.74) is 2.93. The highest BCUT2D eigenvalue weighted by atomic mass is 31.1. The molecule has 2 atom stereocenters. The highest BCUT2D eigenvalue weighted by molar-refractivity contribution is 7.67. The lowest BCUT2D eigenvalue weighted by molar-refractivity contribution is 0.447. The van der Waals surface area contributed by atoms with E-state index < -0.39 is 0 Å². The summed E-state index contributed by atoms with van der Waals surface area (Å²) in [6.45, 7) is 4.08. The van der Waals surface area contributed by atoms with Crippen LogP contribution in [-0.2, 0) is 5.16 Å². The first-order valence-corrected chi connectivity index (χ1v) is 10.9. The number of rotatable bonds is 5. The molecule has 4 rings (SSSR count). The summed E-state index contributed by atoms with van der Waals surface area (Å²) >= 11 is 0. The smallest absolute Gasteiger partial charge is 0.0473 e. The highest BCUT2D eigenvalue weighted by Gasteiger charge is 2.52. The van der Waals surface area contributed by atoms with Crippen LogP contribution < -0.4 is 5.30 Å². The van der Waals surface area contributed by atoms with Gasteiger partial charge in [0.1, 0.15) is 0 Å². The van der Waals surface area contributed by atoms with Gasteiger partial charge in [0.05, 0.1) is 0 Å². The Hall–Kier alpha value is -2.17. The van der Waals surface area contributed by atoms with Crippen molar-refractivity contribution in [2.75, 3.05) is 6.16 Å². The Morgan fingerprint density at radius 1 is 0.808 bits per heavy atom. The molecule has 0 nitrogen and oxygen atoms in total. The molecule has 2 unspecified atom stereocenters. The Morgan fingerprint density at radius 3 is 1.81 bits per heavy atom. The number of benzene rings is 3. The molecule has 1 heteroatoms. The van der Waals surface area contributed by atoms with E-state index in [0.29, 0.717) is 5.92 Å². The van der Waals surface area contributed by atoms with Gasteiger partial charge in [0.15, 0.2) is 0 Å². The van der Waals surface area contributed by atoms with Gasteiger partial charge in [-0.25, -0.2) is 0 Å². The number of hydrogen-bond donors (Lipinski definition) is 0. The summed E-state index contributed by atoms with van der Waals surface area (Å²) in [6.07, 6.45) is 5.72. The first-order chi connectivity index (χ1) is 12.9. The predicted molar refractivity (Wildman–Crippen MR) is 114 cm³/mol. The molecule has 3 aromatic carbocycles. The molecule has 0 spiro atoms. The van der Waals surface area contributed by atoms with E-state index >= 15 is 0 Å². The fourth-order valence-corrected chi connectivity index (χ4v) is 8.37. The van der Waals surface area contributed by atoms with Crippen molar-refractivity contribution in [3.63, 3.8) is 0 Å². The molecule has 0 saturated carbocycles. The van der Waals surface area contributed by atoms with Gasteiger partial charge in [-0.15, -0.1) is 6.58 Å². The fourth-order valence-electron chi connectivity index (χ4n) is 4.66. The van der Waals surface area contributed by atoms with Gasteiger partial charge in [0.25, 0.3) is 0 Å². The van der Waals surface area contributed by atoms with Crippen molar-refractivity contribution in [1.82, 2.24) is 0 Å². The van der Waals surface area contributed by atoms with Crippen LogP contribution in [-0.4, -0.2) is 6.16 Å². The van der Waals surface area contributed by atoms with E-state index in [1.54, 1.807) is 0 Å². The molecule has 0 amide bonds. The van der Waals surface area contributed by atoms with Crippen molar-refractivity contribution in [2.45, 2.75) is 18.0 Å². The second-order valence-corrected chi connectivity index (χ2v) is 9.52. The average Bonchev–Trinajstić information content (AvgIpc) is 3.10. The lowest BCUT2D eigenvalue weighted by atomic mass is 9.77. The molecule has 1 fully saturated rings. The molecule has 1 aliphatic rings. The maximum absolute atomic E-state index is 4.08. The van der Waals surface area contributed by atoms with Crippen LogP contribution in [0.4, 0.5) is 0 Å². The van der Waals surface area contributed by atoms with Crippen LogP contribution in [0.3, 0.4) is 0 Å². The van der Waals surface area contributed by atoms with Gasteiger partial charge >= 0.3 is 0 Å². The van der Waals surface area contributed by atoms with Gasteiger partial charge in [-0.3, -0.25) is 0 Å². The zero-order valence-electron chi connectivity index (χ0n) is 15.1. The summed E-state index contributed by atoms with van der Waals surface area (Å²) in [5.74, 6) is 0.594. The Kier molecular flexibility index (Phi) is 5.05. The lowest BCUT2D eigenvalue weighted by Gasteiger charge is -2.42. The van der Waals surface area contributed by atoms with Crippen LogP contribution in [0.1, 0.15) is 24.0 Å². The van der Waals surface area contributed by atoms with Crippen LogP contribution in [0, 0.1) is 5.92 Å². The van der Waals surface area contributed by atoms with Gasteiger partial charge in [0.2, 0.25) is 0 Å². The first kappa shape index (κ1) is 17.3. The second kappa shape index (κ2) is 7.60. The molecule has 0 aliphatic carbocycles. The van der Waals surface area contributed by atoms with E-state index in [1.807, 2.05) is 0 Å². The van der Waals surface area contributed by atoms with Gasteiger partial charge in [-0.05, 0) is 41.4 Å². The topological polar surface area (TPSA) is 0 Å². The van der Waals surface area contributed by atoms with Crippen molar-refractivity contribution in [2.24, 2.45) is 5.92 Å². The SMILES string of the molecule is C=CCC1CCP(c2ccccc2)C1(c1ccccc1)c1ccccc1. The maximum atomic E-state index is 4.08. The summed E-state index contributed by atoms with van der Waals surface area (Å²) in [5, 5.41) is 1.58. The Labute approximate surface area is 158 Å². The van der Waals surface area contributed by atoms with Crippen molar-refractivity contribution < 1.29 is 0 Å². The molecule has 0 N–H and O–H groups in total. The minimum atomic E-state index is -0.339. The maximum Gasteiger partial charge on any atom is 0.0473 e. The van der Waals surface area contributed by atoms with Crippen LogP contribution in [0.15, 0.2) is 104 Å². The average molecular weight is 356 g/mol. The zero-order chi connectivity index (χ0) is 17.8. The van der Waals surface area contributed by atoms with E-state index in [-0.39, 0.29) is 13.1 Å². The second-order valence-electron chi connectivity index (χ2n) is 7.00.